The highest BCUT2D eigenvalue weighted by Crippen LogP contribution is 2.19. The van der Waals surface area contributed by atoms with Crippen molar-refractivity contribution in [3.8, 4) is 0 Å². The Hall–Kier alpha value is -2.33. The summed E-state index contributed by atoms with van der Waals surface area (Å²) in [5.74, 6) is 0.891. The molecule has 1 amide bonds. The van der Waals surface area contributed by atoms with E-state index in [1.54, 1.807) is 12.1 Å². The molecular formula is C27H36ClN3O. The predicted molar refractivity (Wildman–Crippen MR) is 134 cm³/mol. The number of carbonyl (C=O) groups is 1. The summed E-state index contributed by atoms with van der Waals surface area (Å²) in [6.45, 7) is 3.77. The average Bonchev–Trinajstić information content (AvgIpc) is 3.15. The first kappa shape index (κ1) is 24.3. The van der Waals surface area contributed by atoms with E-state index in [1.165, 1.54) is 56.9 Å². The van der Waals surface area contributed by atoms with E-state index in [-0.39, 0.29) is 5.91 Å². The minimum Gasteiger partial charge on any atom is -0.352 e. The van der Waals surface area contributed by atoms with Gasteiger partial charge >= 0.3 is 0 Å². The van der Waals surface area contributed by atoms with E-state index in [1.807, 2.05) is 18.2 Å². The maximum absolute atomic E-state index is 12.4. The smallest absolute Gasteiger partial charge is 0.252 e. The fourth-order valence-electron chi connectivity index (χ4n) is 4.17. The maximum atomic E-state index is 12.4. The molecule has 5 heteroatoms. The highest BCUT2D eigenvalue weighted by Gasteiger charge is 2.12. The second-order valence-electron chi connectivity index (χ2n) is 8.48. The molecule has 0 aliphatic carbocycles. The van der Waals surface area contributed by atoms with Crippen LogP contribution in [0, 0.1) is 0 Å². The predicted octanol–water partition coefficient (Wildman–Crippen LogP) is 7.19. The molecule has 0 radical (unpaired) electrons. The van der Waals surface area contributed by atoms with Gasteiger partial charge in [-0.2, -0.15) is 0 Å². The molecule has 0 fully saturated rings. The first-order valence-electron chi connectivity index (χ1n) is 12.2. The van der Waals surface area contributed by atoms with Gasteiger partial charge in [-0.15, -0.1) is 0 Å². The monoisotopic (exact) mass is 453 g/mol. The lowest BCUT2D eigenvalue weighted by molar-refractivity contribution is 0.0954. The Morgan fingerprint density at radius 2 is 1.56 bits per heavy atom. The third kappa shape index (κ3) is 7.09. The third-order valence-corrected chi connectivity index (χ3v) is 6.30. The normalized spacial score (nSPS) is 11.2. The highest BCUT2D eigenvalue weighted by molar-refractivity contribution is 6.33. The molecule has 172 valence electrons. The first-order valence-corrected chi connectivity index (χ1v) is 12.6. The van der Waals surface area contributed by atoms with Gasteiger partial charge in [0.2, 0.25) is 0 Å². The number of carbonyl (C=O) groups excluding carboxylic acids is 1. The Bertz CT molecular complexity index is 982. The van der Waals surface area contributed by atoms with Gasteiger partial charge in [-0.1, -0.05) is 94.2 Å². The number of para-hydroxylation sites is 2. The summed E-state index contributed by atoms with van der Waals surface area (Å²) in [6.07, 6.45) is 12.6. The minimum atomic E-state index is -0.141. The first-order chi connectivity index (χ1) is 15.7. The number of amides is 1. The van der Waals surface area contributed by atoms with Crippen LogP contribution < -0.4 is 5.32 Å². The van der Waals surface area contributed by atoms with Gasteiger partial charge in [0.25, 0.3) is 5.91 Å². The molecule has 0 bridgehead atoms. The van der Waals surface area contributed by atoms with Gasteiger partial charge in [-0.25, -0.2) is 4.98 Å². The average molecular weight is 454 g/mol. The standard InChI is InChI=1S/C27H36ClN3O/c1-2-3-4-5-6-7-8-9-14-21-31-25-18-13-12-17-24(25)30-26(31)19-20-29-27(32)22-15-10-11-16-23(22)28/h10-13,15-18H,2-9,14,19-21H2,1H3,(H,29,32). The fraction of sp³-hybridized carbons (Fsp3) is 0.481. The van der Waals surface area contributed by atoms with Crippen molar-refractivity contribution < 1.29 is 4.79 Å². The number of rotatable bonds is 14. The Labute approximate surface area is 197 Å². The van der Waals surface area contributed by atoms with Gasteiger partial charge in [0, 0.05) is 19.5 Å². The number of unbranched alkanes of at least 4 members (excludes halogenated alkanes) is 8. The number of benzene rings is 2. The third-order valence-electron chi connectivity index (χ3n) is 5.97. The molecular weight excluding hydrogens is 418 g/mol. The number of nitrogens with one attached hydrogen (secondary N) is 1. The molecule has 0 unspecified atom stereocenters. The van der Waals surface area contributed by atoms with Gasteiger partial charge in [0.05, 0.1) is 21.6 Å². The molecule has 0 saturated heterocycles. The van der Waals surface area contributed by atoms with Crippen molar-refractivity contribution in [1.29, 1.82) is 0 Å². The quantitative estimate of drug-likeness (QED) is 0.262. The summed E-state index contributed by atoms with van der Waals surface area (Å²) in [4.78, 5) is 17.3. The van der Waals surface area contributed by atoms with Crippen molar-refractivity contribution in [1.82, 2.24) is 14.9 Å². The second kappa shape index (κ2) is 13.3. The van der Waals surface area contributed by atoms with Crippen LogP contribution in [0.1, 0.15) is 80.9 Å². The van der Waals surface area contributed by atoms with Crippen molar-refractivity contribution in [2.24, 2.45) is 0 Å². The fourth-order valence-corrected chi connectivity index (χ4v) is 4.40. The molecule has 1 heterocycles. The van der Waals surface area contributed by atoms with Crippen LogP contribution >= 0.6 is 11.6 Å². The Morgan fingerprint density at radius 3 is 2.31 bits per heavy atom. The van der Waals surface area contributed by atoms with Gasteiger partial charge < -0.3 is 9.88 Å². The number of nitrogens with zero attached hydrogens (tertiary/aromatic N) is 2. The molecule has 0 aliphatic heterocycles. The molecule has 2 aromatic carbocycles. The van der Waals surface area contributed by atoms with E-state index < -0.39 is 0 Å². The van der Waals surface area contributed by atoms with Gasteiger partial charge in [0.15, 0.2) is 0 Å². The second-order valence-corrected chi connectivity index (χ2v) is 8.89. The van der Waals surface area contributed by atoms with Crippen LogP contribution in [0.4, 0.5) is 0 Å². The van der Waals surface area contributed by atoms with Crippen molar-refractivity contribution >= 4 is 28.5 Å². The van der Waals surface area contributed by atoms with Crippen LogP contribution in [-0.4, -0.2) is 22.0 Å². The molecule has 4 nitrogen and oxygen atoms in total. The van der Waals surface area contributed by atoms with E-state index in [9.17, 15) is 4.79 Å². The molecule has 0 spiro atoms. The van der Waals surface area contributed by atoms with Crippen LogP contribution in [-0.2, 0) is 13.0 Å². The number of aromatic nitrogens is 2. The van der Waals surface area contributed by atoms with Crippen molar-refractivity contribution in [2.75, 3.05) is 6.54 Å². The topological polar surface area (TPSA) is 46.9 Å². The van der Waals surface area contributed by atoms with Gasteiger partial charge in [-0.05, 0) is 30.7 Å². The lowest BCUT2D eigenvalue weighted by Gasteiger charge is -2.10. The summed E-state index contributed by atoms with van der Waals surface area (Å²) >= 11 is 6.14. The van der Waals surface area contributed by atoms with E-state index >= 15 is 0 Å². The Balaban J connectivity index is 1.50. The molecule has 1 aromatic heterocycles. The zero-order valence-electron chi connectivity index (χ0n) is 19.3. The molecule has 3 aromatic rings. The summed E-state index contributed by atoms with van der Waals surface area (Å²) in [5.41, 5.74) is 2.72. The van der Waals surface area contributed by atoms with Gasteiger partial charge in [0.1, 0.15) is 5.82 Å². The SMILES string of the molecule is CCCCCCCCCCCn1c(CCNC(=O)c2ccccc2Cl)nc2ccccc21. The van der Waals surface area contributed by atoms with Crippen LogP contribution in [0.3, 0.4) is 0 Å². The lowest BCUT2D eigenvalue weighted by Crippen LogP contribution is -2.26. The maximum Gasteiger partial charge on any atom is 0.252 e. The summed E-state index contributed by atoms with van der Waals surface area (Å²) in [7, 11) is 0. The van der Waals surface area contributed by atoms with Crippen LogP contribution in [0.15, 0.2) is 48.5 Å². The molecule has 1 N–H and O–H groups in total. The summed E-state index contributed by atoms with van der Waals surface area (Å²) < 4.78 is 2.33. The van der Waals surface area contributed by atoms with E-state index in [0.717, 1.165) is 24.3 Å². The van der Waals surface area contributed by atoms with Crippen molar-refractivity contribution in [2.45, 2.75) is 77.7 Å². The zero-order chi connectivity index (χ0) is 22.6. The van der Waals surface area contributed by atoms with Crippen LogP contribution in [0.2, 0.25) is 5.02 Å². The highest BCUT2D eigenvalue weighted by atomic mass is 35.5. The number of aryl methyl sites for hydroxylation is 1. The Kier molecular flexibility index (Phi) is 10.1. The van der Waals surface area contributed by atoms with Crippen molar-refractivity contribution in [3.63, 3.8) is 0 Å². The summed E-state index contributed by atoms with van der Waals surface area (Å²) in [6, 6.07) is 15.4. The lowest BCUT2D eigenvalue weighted by atomic mass is 10.1. The molecule has 3 rings (SSSR count). The van der Waals surface area contributed by atoms with E-state index in [2.05, 4.69) is 35.0 Å². The summed E-state index contributed by atoms with van der Waals surface area (Å²) in [5, 5.41) is 3.46. The molecule has 32 heavy (non-hydrogen) atoms. The number of hydrogen-bond acceptors (Lipinski definition) is 2. The number of fused-ring (bicyclic) bond motifs is 1. The molecule has 0 aliphatic rings. The van der Waals surface area contributed by atoms with Crippen LogP contribution in [0.5, 0.6) is 0 Å². The molecule has 0 atom stereocenters. The largest absolute Gasteiger partial charge is 0.352 e. The van der Waals surface area contributed by atoms with Crippen LogP contribution in [0.25, 0.3) is 11.0 Å². The van der Waals surface area contributed by atoms with E-state index in [4.69, 9.17) is 16.6 Å². The number of hydrogen-bond donors (Lipinski definition) is 1. The number of halogens is 1. The Morgan fingerprint density at radius 1 is 0.906 bits per heavy atom. The van der Waals surface area contributed by atoms with Gasteiger partial charge in [-0.3, -0.25) is 4.79 Å². The minimum absolute atomic E-state index is 0.141. The number of imidazole rings is 1. The zero-order valence-corrected chi connectivity index (χ0v) is 20.0. The molecule has 0 saturated carbocycles. The van der Waals surface area contributed by atoms with Crippen molar-refractivity contribution in [3.05, 3.63) is 64.9 Å². The van der Waals surface area contributed by atoms with E-state index in [0.29, 0.717) is 23.6 Å².